The SMILES string of the molecule is COc1cccc2c1OP(=O)(OC[C@@]1(F)O[C@@H](n3cc(F)c(=O)[nH]c3=O)[C@H](O)[C@@H]1O)OC2. The minimum atomic E-state index is -4.41. The van der Waals surface area contributed by atoms with Gasteiger partial charge in [-0.1, -0.05) is 12.1 Å². The molecule has 4 rings (SSSR count). The monoisotopic (exact) mass is 478 g/mol. The third-order valence-electron chi connectivity index (χ3n) is 4.85. The predicted octanol–water partition coefficient (Wildman–Crippen LogP) is 0.335. The summed E-state index contributed by atoms with van der Waals surface area (Å²) in [6, 6.07) is 4.78. The molecule has 0 aliphatic carbocycles. The number of halogens is 2. The summed E-state index contributed by atoms with van der Waals surface area (Å²) in [6.07, 6.45) is -5.95. The Morgan fingerprint density at radius 1 is 1.38 bits per heavy atom. The summed E-state index contributed by atoms with van der Waals surface area (Å²) in [5.74, 6) is -4.35. The molecule has 3 N–H and O–H groups in total. The van der Waals surface area contributed by atoms with Crippen LogP contribution in [0.25, 0.3) is 0 Å². The van der Waals surface area contributed by atoms with Gasteiger partial charge in [0.25, 0.3) is 11.4 Å². The largest absolute Gasteiger partial charge is 0.530 e. The first-order valence-electron chi connectivity index (χ1n) is 9.05. The van der Waals surface area contributed by atoms with Gasteiger partial charge in [0.1, 0.15) is 18.8 Å². The molecule has 0 spiro atoms. The van der Waals surface area contributed by atoms with Crippen LogP contribution in [0.4, 0.5) is 8.78 Å². The molecule has 0 radical (unpaired) electrons. The number of hydrogen-bond acceptors (Lipinski definition) is 10. The van der Waals surface area contributed by atoms with Crippen LogP contribution in [0.5, 0.6) is 11.5 Å². The average molecular weight is 478 g/mol. The van der Waals surface area contributed by atoms with E-state index in [4.69, 9.17) is 23.0 Å². The molecule has 2 aliphatic rings. The van der Waals surface area contributed by atoms with Crippen molar-refractivity contribution in [3.05, 3.63) is 56.6 Å². The highest BCUT2D eigenvalue weighted by Gasteiger charge is 2.57. The number of ether oxygens (including phenoxy) is 2. The fourth-order valence-electron chi connectivity index (χ4n) is 3.20. The Bertz CT molecular complexity index is 1190. The van der Waals surface area contributed by atoms with Crippen LogP contribution in [0, 0.1) is 5.82 Å². The second-order valence-corrected chi connectivity index (χ2v) is 8.50. The number of methoxy groups -OCH3 is 1. The lowest BCUT2D eigenvalue weighted by Crippen LogP contribution is -2.43. The Balaban J connectivity index is 1.53. The number of aromatic amines is 1. The molecule has 1 saturated heterocycles. The van der Waals surface area contributed by atoms with E-state index in [9.17, 15) is 28.8 Å². The molecular formula is C17H17F2N2O10P. The molecule has 174 valence electrons. The van der Waals surface area contributed by atoms with Gasteiger partial charge in [0.05, 0.1) is 19.9 Å². The van der Waals surface area contributed by atoms with Gasteiger partial charge in [0.15, 0.2) is 17.7 Å². The van der Waals surface area contributed by atoms with Crippen LogP contribution in [0.1, 0.15) is 11.8 Å². The first kappa shape index (κ1) is 22.6. The second-order valence-electron chi connectivity index (χ2n) is 6.91. The summed E-state index contributed by atoms with van der Waals surface area (Å²) < 4.78 is 67.3. The van der Waals surface area contributed by atoms with Crippen molar-refractivity contribution in [1.29, 1.82) is 0 Å². The minimum absolute atomic E-state index is 0.0542. The summed E-state index contributed by atoms with van der Waals surface area (Å²) in [5.41, 5.74) is -2.08. The number of aromatic nitrogens is 2. The zero-order valence-corrected chi connectivity index (χ0v) is 17.2. The molecule has 1 fully saturated rings. The molecule has 1 aromatic heterocycles. The number of fused-ring (bicyclic) bond motifs is 1. The molecule has 0 amide bonds. The number of rotatable bonds is 5. The van der Waals surface area contributed by atoms with Crippen molar-refractivity contribution in [2.24, 2.45) is 0 Å². The Labute approximate surface area is 177 Å². The molecule has 1 unspecified atom stereocenters. The lowest BCUT2D eigenvalue weighted by molar-refractivity contribution is -0.205. The smallest absolute Gasteiger partial charge is 0.493 e. The van der Waals surface area contributed by atoms with Crippen molar-refractivity contribution in [3.63, 3.8) is 0 Å². The molecule has 0 bridgehead atoms. The number of phosphoric acid groups is 1. The maximum atomic E-state index is 15.3. The molecular weight excluding hydrogens is 461 g/mol. The van der Waals surface area contributed by atoms with E-state index in [-0.39, 0.29) is 18.1 Å². The van der Waals surface area contributed by atoms with Gasteiger partial charge < -0.3 is 24.2 Å². The number of nitrogens with one attached hydrogen (secondary N) is 1. The van der Waals surface area contributed by atoms with Crippen molar-refractivity contribution in [3.8, 4) is 11.5 Å². The first-order chi connectivity index (χ1) is 15.1. The Kier molecular flexibility index (Phi) is 5.69. The molecule has 1 aromatic carbocycles. The summed E-state index contributed by atoms with van der Waals surface area (Å²) in [7, 11) is -3.06. The number of phosphoric ester groups is 1. The second kappa shape index (κ2) is 8.06. The number of benzene rings is 1. The normalized spacial score (nSPS) is 31.7. The number of aliphatic hydroxyl groups is 2. The standard InChI is InChI=1S/C17H17F2N2O10P/c1-27-10-4-2-3-8-6-28-32(26,31-12(8)10)29-7-17(19)13(23)11(22)15(30-17)21-5-9(18)14(24)20-16(21)25/h2-5,11,13,15,22-23H,6-7H2,1H3,(H,20,24,25)/t11-,13+,15-,17-,32?/m1/s1. The van der Waals surface area contributed by atoms with Crippen molar-refractivity contribution in [2.75, 3.05) is 13.7 Å². The highest BCUT2D eigenvalue weighted by Crippen LogP contribution is 2.57. The van der Waals surface area contributed by atoms with Gasteiger partial charge in [0, 0.05) is 5.56 Å². The quantitative estimate of drug-likeness (QED) is 0.512. The zero-order chi connectivity index (χ0) is 23.3. The van der Waals surface area contributed by atoms with Crippen LogP contribution in [-0.2, 0) is 25.0 Å². The molecule has 15 heteroatoms. The van der Waals surface area contributed by atoms with Crippen molar-refractivity contribution < 1.29 is 46.6 Å². The van der Waals surface area contributed by atoms with E-state index in [2.05, 4.69) is 0 Å². The third kappa shape index (κ3) is 3.85. The van der Waals surface area contributed by atoms with Crippen LogP contribution < -0.4 is 20.5 Å². The molecule has 0 saturated carbocycles. The molecule has 12 nitrogen and oxygen atoms in total. The van der Waals surface area contributed by atoms with Gasteiger partial charge in [-0.25, -0.2) is 13.8 Å². The number of para-hydroxylation sites is 1. The lowest BCUT2D eigenvalue weighted by Gasteiger charge is -2.28. The Morgan fingerprint density at radius 2 is 2.12 bits per heavy atom. The first-order valence-corrected chi connectivity index (χ1v) is 10.5. The van der Waals surface area contributed by atoms with Crippen LogP contribution in [0.2, 0.25) is 0 Å². The molecule has 2 aromatic rings. The Morgan fingerprint density at radius 3 is 2.84 bits per heavy atom. The molecule has 32 heavy (non-hydrogen) atoms. The Hall–Kier alpha value is -2.61. The minimum Gasteiger partial charge on any atom is -0.493 e. The molecule has 5 atom stereocenters. The fourth-order valence-corrected chi connectivity index (χ4v) is 4.44. The lowest BCUT2D eigenvalue weighted by atomic mass is 10.1. The average Bonchev–Trinajstić information content (AvgIpc) is 2.99. The van der Waals surface area contributed by atoms with Crippen molar-refractivity contribution >= 4 is 7.82 Å². The van der Waals surface area contributed by atoms with E-state index in [1.165, 1.54) is 13.2 Å². The van der Waals surface area contributed by atoms with Crippen molar-refractivity contribution in [2.45, 2.75) is 30.9 Å². The van der Waals surface area contributed by atoms with E-state index < -0.39 is 55.8 Å². The highest BCUT2D eigenvalue weighted by molar-refractivity contribution is 7.49. The van der Waals surface area contributed by atoms with Crippen molar-refractivity contribution in [1.82, 2.24) is 9.55 Å². The summed E-state index contributed by atoms with van der Waals surface area (Å²) in [4.78, 5) is 24.7. The number of aliphatic hydroxyl groups excluding tert-OH is 2. The number of alkyl halides is 1. The highest BCUT2D eigenvalue weighted by atomic mass is 31.2. The predicted molar refractivity (Wildman–Crippen MR) is 99.2 cm³/mol. The van der Waals surface area contributed by atoms with Gasteiger partial charge in [0.2, 0.25) is 5.82 Å². The summed E-state index contributed by atoms with van der Waals surface area (Å²) in [6.45, 7) is -1.48. The van der Waals surface area contributed by atoms with E-state index in [0.29, 0.717) is 16.3 Å². The fraction of sp³-hybridized carbons (Fsp3) is 0.412. The van der Waals surface area contributed by atoms with Crippen LogP contribution >= 0.6 is 7.82 Å². The van der Waals surface area contributed by atoms with E-state index in [0.717, 1.165) is 0 Å². The molecule has 2 aliphatic heterocycles. The number of H-pyrrole nitrogens is 1. The van der Waals surface area contributed by atoms with Gasteiger partial charge in [-0.05, 0) is 6.07 Å². The van der Waals surface area contributed by atoms with Gasteiger partial charge >= 0.3 is 13.5 Å². The van der Waals surface area contributed by atoms with Crippen LogP contribution in [-0.4, -0.2) is 51.5 Å². The molecule has 3 heterocycles. The van der Waals surface area contributed by atoms with Crippen LogP contribution in [0.15, 0.2) is 34.0 Å². The third-order valence-corrected chi connectivity index (χ3v) is 6.15. The zero-order valence-electron chi connectivity index (χ0n) is 16.3. The van der Waals surface area contributed by atoms with E-state index in [1.54, 1.807) is 17.1 Å². The van der Waals surface area contributed by atoms with E-state index >= 15 is 4.39 Å². The van der Waals surface area contributed by atoms with Gasteiger partial charge in [-0.2, -0.15) is 4.39 Å². The topological polar surface area (TPSA) is 159 Å². The maximum Gasteiger partial charge on any atom is 0.530 e. The summed E-state index contributed by atoms with van der Waals surface area (Å²) in [5, 5.41) is 20.3. The maximum absolute atomic E-state index is 15.3. The number of hydrogen-bond donors (Lipinski definition) is 3. The van der Waals surface area contributed by atoms with Crippen LogP contribution in [0.3, 0.4) is 0 Å². The van der Waals surface area contributed by atoms with E-state index in [1.807, 2.05) is 0 Å². The van der Waals surface area contributed by atoms with Gasteiger partial charge in [-0.3, -0.25) is 23.4 Å². The summed E-state index contributed by atoms with van der Waals surface area (Å²) >= 11 is 0. The van der Waals surface area contributed by atoms with Gasteiger partial charge in [-0.15, -0.1) is 0 Å². The number of nitrogens with zero attached hydrogens (tertiary/aromatic N) is 1.